The number of pyridine rings is 1. The molecule has 1 heterocycles. The highest BCUT2D eigenvalue weighted by Crippen LogP contribution is 2.18. The van der Waals surface area contributed by atoms with Crippen molar-refractivity contribution in [3.8, 4) is 0 Å². The topological polar surface area (TPSA) is 24.9 Å². The van der Waals surface area contributed by atoms with Gasteiger partial charge in [-0.3, -0.25) is 4.98 Å². The van der Waals surface area contributed by atoms with Crippen molar-refractivity contribution in [3.63, 3.8) is 0 Å². The number of benzene rings is 1. The molecule has 0 amide bonds. The van der Waals surface area contributed by atoms with E-state index in [0.29, 0.717) is 6.04 Å². The molecule has 2 aromatic rings. The molecule has 18 heavy (non-hydrogen) atoms. The van der Waals surface area contributed by atoms with Crippen LogP contribution in [0.1, 0.15) is 29.7 Å². The first-order valence-corrected chi connectivity index (χ1v) is 6.84. The van der Waals surface area contributed by atoms with Gasteiger partial charge in [0.15, 0.2) is 0 Å². The molecule has 1 aromatic heterocycles. The monoisotopic (exact) mass is 304 g/mol. The Morgan fingerprint density at radius 1 is 1.22 bits per heavy atom. The summed E-state index contributed by atoms with van der Waals surface area (Å²) < 4.78 is 1.17. The summed E-state index contributed by atoms with van der Waals surface area (Å²) in [6.45, 7) is 5.13. The second-order valence-corrected chi connectivity index (χ2v) is 5.32. The molecule has 0 aliphatic carbocycles. The summed E-state index contributed by atoms with van der Waals surface area (Å²) in [6.07, 6.45) is 3.66. The molecule has 0 saturated carbocycles. The van der Waals surface area contributed by atoms with E-state index in [9.17, 15) is 0 Å². The first kappa shape index (κ1) is 13.2. The second-order valence-electron chi connectivity index (χ2n) is 4.47. The van der Waals surface area contributed by atoms with Gasteiger partial charge in [0.1, 0.15) is 0 Å². The average molecular weight is 305 g/mol. The highest BCUT2D eigenvalue weighted by atomic mass is 79.9. The SMILES string of the molecule is Cc1ccc(CN[C@@H](C)c2ccncc2)cc1Br. The maximum absolute atomic E-state index is 4.03. The third kappa shape index (κ3) is 3.40. The summed E-state index contributed by atoms with van der Waals surface area (Å²) in [4.78, 5) is 4.03. The summed E-state index contributed by atoms with van der Waals surface area (Å²) >= 11 is 3.56. The number of halogens is 1. The third-order valence-electron chi connectivity index (χ3n) is 3.05. The molecular formula is C15H17BrN2. The Hall–Kier alpha value is -1.19. The Morgan fingerprint density at radius 2 is 1.94 bits per heavy atom. The summed E-state index contributed by atoms with van der Waals surface area (Å²) in [7, 11) is 0. The van der Waals surface area contributed by atoms with Crippen molar-refractivity contribution in [2.75, 3.05) is 0 Å². The molecule has 0 aliphatic heterocycles. The lowest BCUT2D eigenvalue weighted by molar-refractivity contribution is 0.574. The molecule has 0 bridgehead atoms. The number of aromatic nitrogens is 1. The molecule has 0 unspecified atom stereocenters. The van der Waals surface area contributed by atoms with E-state index in [1.54, 1.807) is 0 Å². The van der Waals surface area contributed by atoms with Crippen molar-refractivity contribution in [3.05, 3.63) is 63.9 Å². The summed E-state index contributed by atoms with van der Waals surface area (Å²) in [5, 5.41) is 3.51. The first-order chi connectivity index (χ1) is 8.66. The molecule has 0 fully saturated rings. The van der Waals surface area contributed by atoms with Crippen LogP contribution in [0.25, 0.3) is 0 Å². The van der Waals surface area contributed by atoms with Crippen LogP contribution >= 0.6 is 15.9 Å². The van der Waals surface area contributed by atoms with E-state index >= 15 is 0 Å². The molecule has 3 heteroatoms. The minimum atomic E-state index is 0.327. The van der Waals surface area contributed by atoms with Gasteiger partial charge >= 0.3 is 0 Å². The van der Waals surface area contributed by atoms with Gasteiger partial charge in [0, 0.05) is 29.5 Å². The molecule has 94 valence electrons. The molecule has 1 atom stereocenters. The van der Waals surface area contributed by atoms with E-state index in [0.717, 1.165) is 6.54 Å². The minimum Gasteiger partial charge on any atom is -0.306 e. The third-order valence-corrected chi connectivity index (χ3v) is 3.91. The molecule has 0 radical (unpaired) electrons. The minimum absolute atomic E-state index is 0.327. The lowest BCUT2D eigenvalue weighted by atomic mass is 10.1. The molecule has 0 spiro atoms. The quantitative estimate of drug-likeness (QED) is 0.923. The van der Waals surface area contributed by atoms with Gasteiger partial charge in [0.25, 0.3) is 0 Å². The molecule has 0 aliphatic rings. The van der Waals surface area contributed by atoms with Crippen molar-refractivity contribution in [1.82, 2.24) is 10.3 Å². The van der Waals surface area contributed by atoms with Crippen LogP contribution in [-0.2, 0) is 6.54 Å². The second kappa shape index (κ2) is 6.12. The van der Waals surface area contributed by atoms with E-state index in [2.05, 4.69) is 58.3 Å². The number of hydrogen-bond donors (Lipinski definition) is 1. The summed E-state index contributed by atoms with van der Waals surface area (Å²) in [6, 6.07) is 10.9. The van der Waals surface area contributed by atoms with Crippen LogP contribution in [0.3, 0.4) is 0 Å². The fourth-order valence-electron chi connectivity index (χ4n) is 1.79. The van der Waals surface area contributed by atoms with E-state index < -0.39 is 0 Å². The van der Waals surface area contributed by atoms with Gasteiger partial charge in [0.05, 0.1) is 0 Å². The Morgan fingerprint density at radius 3 is 2.61 bits per heavy atom. The van der Waals surface area contributed by atoms with E-state index in [1.807, 2.05) is 24.5 Å². The van der Waals surface area contributed by atoms with Crippen molar-refractivity contribution in [1.29, 1.82) is 0 Å². The Bertz CT molecular complexity index is 511. The zero-order chi connectivity index (χ0) is 13.0. The van der Waals surface area contributed by atoms with Crippen molar-refractivity contribution < 1.29 is 0 Å². The highest BCUT2D eigenvalue weighted by molar-refractivity contribution is 9.10. The van der Waals surface area contributed by atoms with E-state index in [-0.39, 0.29) is 0 Å². The van der Waals surface area contributed by atoms with Crippen LogP contribution in [-0.4, -0.2) is 4.98 Å². The van der Waals surface area contributed by atoms with Crippen molar-refractivity contribution >= 4 is 15.9 Å². The van der Waals surface area contributed by atoms with Crippen LogP contribution in [0.2, 0.25) is 0 Å². The number of aryl methyl sites for hydroxylation is 1. The highest BCUT2D eigenvalue weighted by Gasteiger charge is 2.04. The number of nitrogens with one attached hydrogen (secondary N) is 1. The number of hydrogen-bond acceptors (Lipinski definition) is 2. The lowest BCUT2D eigenvalue weighted by Crippen LogP contribution is -2.18. The van der Waals surface area contributed by atoms with Crippen molar-refractivity contribution in [2.24, 2.45) is 0 Å². The normalized spacial score (nSPS) is 12.4. The van der Waals surface area contributed by atoms with Gasteiger partial charge in [-0.05, 0) is 48.7 Å². The Kier molecular flexibility index (Phi) is 4.50. The smallest absolute Gasteiger partial charge is 0.0296 e. The van der Waals surface area contributed by atoms with Crippen LogP contribution in [0.15, 0.2) is 47.2 Å². The first-order valence-electron chi connectivity index (χ1n) is 6.05. The average Bonchev–Trinajstić information content (AvgIpc) is 2.41. The van der Waals surface area contributed by atoms with Gasteiger partial charge in [-0.1, -0.05) is 28.1 Å². The molecule has 1 N–H and O–H groups in total. The van der Waals surface area contributed by atoms with Gasteiger partial charge in [0.2, 0.25) is 0 Å². The standard InChI is InChI=1S/C15H17BrN2/c1-11-3-4-13(9-15(11)16)10-18-12(2)14-5-7-17-8-6-14/h3-9,12,18H,10H2,1-2H3/t12-/m0/s1. The fourth-order valence-corrected chi connectivity index (χ4v) is 2.21. The molecule has 1 aromatic carbocycles. The van der Waals surface area contributed by atoms with Gasteiger partial charge in [-0.25, -0.2) is 0 Å². The lowest BCUT2D eigenvalue weighted by Gasteiger charge is -2.14. The largest absolute Gasteiger partial charge is 0.306 e. The van der Waals surface area contributed by atoms with Gasteiger partial charge in [-0.2, -0.15) is 0 Å². The number of nitrogens with zero attached hydrogens (tertiary/aromatic N) is 1. The van der Waals surface area contributed by atoms with Gasteiger partial charge < -0.3 is 5.32 Å². The molecule has 2 rings (SSSR count). The Balaban J connectivity index is 1.97. The van der Waals surface area contributed by atoms with Crippen LogP contribution < -0.4 is 5.32 Å². The van der Waals surface area contributed by atoms with Crippen LogP contribution in [0.4, 0.5) is 0 Å². The fraction of sp³-hybridized carbons (Fsp3) is 0.267. The maximum Gasteiger partial charge on any atom is 0.0296 e. The van der Waals surface area contributed by atoms with Gasteiger partial charge in [-0.15, -0.1) is 0 Å². The van der Waals surface area contributed by atoms with E-state index in [1.165, 1.54) is 21.2 Å². The number of rotatable bonds is 4. The predicted molar refractivity (Wildman–Crippen MR) is 78.4 cm³/mol. The molecular weight excluding hydrogens is 288 g/mol. The predicted octanol–water partition coefficient (Wildman–Crippen LogP) is 4.00. The molecule has 2 nitrogen and oxygen atoms in total. The maximum atomic E-state index is 4.03. The Labute approximate surface area is 117 Å². The van der Waals surface area contributed by atoms with Crippen LogP contribution in [0, 0.1) is 6.92 Å². The van der Waals surface area contributed by atoms with Crippen LogP contribution in [0.5, 0.6) is 0 Å². The summed E-state index contributed by atoms with van der Waals surface area (Å²) in [5.74, 6) is 0. The van der Waals surface area contributed by atoms with E-state index in [4.69, 9.17) is 0 Å². The van der Waals surface area contributed by atoms with Crippen molar-refractivity contribution in [2.45, 2.75) is 26.4 Å². The summed E-state index contributed by atoms with van der Waals surface area (Å²) in [5.41, 5.74) is 3.81. The zero-order valence-corrected chi connectivity index (χ0v) is 12.2. The zero-order valence-electron chi connectivity index (χ0n) is 10.7. The molecule has 0 saturated heterocycles.